The Bertz CT molecular complexity index is 252. The van der Waals surface area contributed by atoms with Crippen molar-refractivity contribution >= 4 is 5.97 Å². The molecule has 3 heteroatoms. The maximum atomic E-state index is 11.5. The van der Waals surface area contributed by atoms with E-state index in [1.54, 1.807) is 13.0 Å². The van der Waals surface area contributed by atoms with Gasteiger partial charge < -0.3 is 9.47 Å². The maximum Gasteiger partial charge on any atom is 0.373 e. The van der Waals surface area contributed by atoms with E-state index in [4.69, 9.17) is 9.47 Å². The van der Waals surface area contributed by atoms with Gasteiger partial charge in [-0.1, -0.05) is 25.5 Å². The van der Waals surface area contributed by atoms with Gasteiger partial charge in [0.25, 0.3) is 0 Å². The van der Waals surface area contributed by atoms with Crippen molar-refractivity contribution in [2.45, 2.75) is 46.6 Å². The summed E-state index contributed by atoms with van der Waals surface area (Å²) in [5, 5.41) is 0. The summed E-state index contributed by atoms with van der Waals surface area (Å²) in [4.78, 5) is 11.5. The zero-order valence-corrected chi connectivity index (χ0v) is 10.7. The molecule has 0 saturated heterocycles. The fourth-order valence-electron chi connectivity index (χ4n) is 1.02. The van der Waals surface area contributed by atoms with Crippen molar-refractivity contribution in [2.75, 3.05) is 6.61 Å². The number of rotatable bonds is 7. The Morgan fingerprint density at radius 1 is 1.31 bits per heavy atom. The molecule has 0 bridgehead atoms. The standard InChI is InChI=1S/C13H22O3/c1-5-7-8-9-10-15-12(6-2)13(14)16-11(3)4/h6,8-9,11H,5,7,10H2,1-4H3/b9-8-,12-6-. The van der Waals surface area contributed by atoms with Crippen LogP contribution in [0.5, 0.6) is 0 Å². The largest absolute Gasteiger partial charge is 0.483 e. The summed E-state index contributed by atoms with van der Waals surface area (Å²) in [6, 6.07) is 0. The smallest absolute Gasteiger partial charge is 0.373 e. The quantitative estimate of drug-likeness (QED) is 0.289. The number of allylic oxidation sites excluding steroid dienone is 2. The van der Waals surface area contributed by atoms with E-state index in [-0.39, 0.29) is 11.9 Å². The number of hydrogen-bond acceptors (Lipinski definition) is 3. The summed E-state index contributed by atoms with van der Waals surface area (Å²) in [5.41, 5.74) is 0. The summed E-state index contributed by atoms with van der Waals surface area (Å²) in [5.74, 6) is -0.128. The van der Waals surface area contributed by atoms with E-state index in [0.29, 0.717) is 6.61 Å². The molecular formula is C13H22O3. The highest BCUT2D eigenvalue weighted by atomic mass is 16.6. The van der Waals surface area contributed by atoms with Crippen LogP contribution in [-0.2, 0) is 14.3 Å². The fraction of sp³-hybridized carbons (Fsp3) is 0.615. The predicted molar refractivity (Wildman–Crippen MR) is 65.0 cm³/mol. The molecule has 0 fully saturated rings. The van der Waals surface area contributed by atoms with Crippen LogP contribution in [0.25, 0.3) is 0 Å². The van der Waals surface area contributed by atoms with Crippen LogP contribution in [0.1, 0.15) is 40.5 Å². The van der Waals surface area contributed by atoms with Crippen LogP contribution >= 0.6 is 0 Å². The first-order chi connectivity index (χ1) is 7.61. The van der Waals surface area contributed by atoms with Crippen LogP contribution < -0.4 is 0 Å². The lowest BCUT2D eigenvalue weighted by Crippen LogP contribution is -2.15. The van der Waals surface area contributed by atoms with Crippen LogP contribution in [0.4, 0.5) is 0 Å². The molecule has 0 aliphatic heterocycles. The van der Waals surface area contributed by atoms with Crippen molar-refractivity contribution in [3.8, 4) is 0 Å². The lowest BCUT2D eigenvalue weighted by Gasteiger charge is -2.10. The molecule has 0 aromatic carbocycles. The third-order valence-corrected chi connectivity index (χ3v) is 1.76. The van der Waals surface area contributed by atoms with Crippen LogP contribution in [-0.4, -0.2) is 18.7 Å². The highest BCUT2D eigenvalue weighted by Gasteiger charge is 2.12. The Kier molecular flexibility index (Phi) is 8.31. The third kappa shape index (κ3) is 7.10. The van der Waals surface area contributed by atoms with Crippen molar-refractivity contribution in [1.82, 2.24) is 0 Å². The monoisotopic (exact) mass is 226 g/mol. The zero-order valence-electron chi connectivity index (χ0n) is 10.7. The summed E-state index contributed by atoms with van der Waals surface area (Å²) in [6.45, 7) is 7.90. The Balaban J connectivity index is 3.98. The van der Waals surface area contributed by atoms with Gasteiger partial charge in [-0.15, -0.1) is 0 Å². The average molecular weight is 226 g/mol. The van der Waals surface area contributed by atoms with Crippen LogP contribution in [0, 0.1) is 0 Å². The van der Waals surface area contributed by atoms with Crippen molar-refractivity contribution in [3.63, 3.8) is 0 Å². The summed E-state index contributed by atoms with van der Waals surface area (Å²) >= 11 is 0. The minimum atomic E-state index is -0.401. The molecule has 0 spiro atoms. The van der Waals surface area contributed by atoms with Gasteiger partial charge in [-0.25, -0.2) is 4.79 Å². The first-order valence-electron chi connectivity index (χ1n) is 5.76. The molecule has 0 amide bonds. The molecule has 0 N–H and O–H groups in total. The third-order valence-electron chi connectivity index (χ3n) is 1.76. The van der Waals surface area contributed by atoms with Crippen LogP contribution in [0.15, 0.2) is 24.0 Å². The van der Waals surface area contributed by atoms with E-state index in [9.17, 15) is 4.79 Å². The van der Waals surface area contributed by atoms with Crippen molar-refractivity contribution in [1.29, 1.82) is 0 Å². The molecule has 0 rings (SSSR count). The van der Waals surface area contributed by atoms with E-state index in [1.807, 2.05) is 26.0 Å². The van der Waals surface area contributed by atoms with Crippen molar-refractivity contribution in [2.24, 2.45) is 0 Å². The summed E-state index contributed by atoms with van der Waals surface area (Å²) in [6.07, 6.45) is 7.60. The molecule has 0 unspecified atom stereocenters. The molecule has 16 heavy (non-hydrogen) atoms. The maximum absolute atomic E-state index is 11.5. The Morgan fingerprint density at radius 2 is 2.00 bits per heavy atom. The van der Waals surface area contributed by atoms with Crippen molar-refractivity contribution in [3.05, 3.63) is 24.0 Å². The molecule has 0 heterocycles. The normalized spacial score (nSPS) is 12.2. The molecule has 3 nitrogen and oxygen atoms in total. The second-order valence-electron chi connectivity index (χ2n) is 3.68. The van der Waals surface area contributed by atoms with Gasteiger partial charge in [0.05, 0.1) is 6.10 Å². The lowest BCUT2D eigenvalue weighted by atomic mass is 10.3. The topological polar surface area (TPSA) is 35.5 Å². The SMILES string of the molecule is C/C=C(\OC/C=C\CCC)C(=O)OC(C)C. The van der Waals surface area contributed by atoms with Gasteiger partial charge in [-0.2, -0.15) is 0 Å². The average Bonchev–Trinajstić information content (AvgIpc) is 2.22. The van der Waals surface area contributed by atoms with Gasteiger partial charge in [-0.05, 0) is 33.3 Å². The van der Waals surface area contributed by atoms with Gasteiger partial charge >= 0.3 is 5.97 Å². The molecule has 92 valence electrons. The predicted octanol–water partition coefficient (Wildman–Crippen LogP) is 3.21. The minimum absolute atomic E-state index is 0.123. The minimum Gasteiger partial charge on any atom is -0.483 e. The Labute approximate surface area is 98.1 Å². The number of unbranched alkanes of at least 4 members (excludes halogenated alkanes) is 1. The van der Waals surface area contributed by atoms with Gasteiger partial charge in [0.2, 0.25) is 5.76 Å². The number of carbonyl (C=O) groups excluding carboxylic acids is 1. The molecule has 0 aromatic heterocycles. The first kappa shape index (κ1) is 14.8. The molecule has 0 aliphatic carbocycles. The Morgan fingerprint density at radius 3 is 2.50 bits per heavy atom. The Hall–Kier alpha value is -1.25. The lowest BCUT2D eigenvalue weighted by molar-refractivity contribution is -0.146. The van der Waals surface area contributed by atoms with E-state index in [2.05, 4.69) is 6.92 Å². The summed E-state index contributed by atoms with van der Waals surface area (Å²) in [7, 11) is 0. The van der Waals surface area contributed by atoms with Crippen LogP contribution in [0.3, 0.4) is 0 Å². The van der Waals surface area contributed by atoms with E-state index in [0.717, 1.165) is 12.8 Å². The fourth-order valence-corrected chi connectivity index (χ4v) is 1.02. The highest BCUT2D eigenvalue weighted by Crippen LogP contribution is 2.03. The number of hydrogen-bond donors (Lipinski definition) is 0. The van der Waals surface area contributed by atoms with E-state index < -0.39 is 5.97 Å². The molecule has 0 aliphatic rings. The molecule has 0 saturated carbocycles. The van der Waals surface area contributed by atoms with Gasteiger partial charge in [-0.3, -0.25) is 0 Å². The van der Waals surface area contributed by atoms with Gasteiger partial charge in [0.15, 0.2) is 0 Å². The van der Waals surface area contributed by atoms with Crippen LogP contribution in [0.2, 0.25) is 0 Å². The van der Waals surface area contributed by atoms with Gasteiger partial charge in [0, 0.05) is 0 Å². The van der Waals surface area contributed by atoms with E-state index >= 15 is 0 Å². The van der Waals surface area contributed by atoms with Gasteiger partial charge in [0.1, 0.15) is 6.61 Å². The number of ether oxygens (including phenoxy) is 2. The van der Waals surface area contributed by atoms with E-state index in [1.165, 1.54) is 0 Å². The second-order valence-corrected chi connectivity index (χ2v) is 3.68. The molecule has 0 radical (unpaired) electrons. The zero-order chi connectivity index (χ0) is 12.4. The number of carbonyl (C=O) groups is 1. The highest BCUT2D eigenvalue weighted by molar-refractivity contribution is 5.86. The molecule has 0 aromatic rings. The first-order valence-corrected chi connectivity index (χ1v) is 5.76. The molecule has 0 atom stereocenters. The second kappa shape index (κ2) is 9.01. The van der Waals surface area contributed by atoms with Crippen molar-refractivity contribution < 1.29 is 14.3 Å². The number of esters is 1. The summed E-state index contributed by atoms with van der Waals surface area (Å²) < 4.78 is 10.3. The molecular weight excluding hydrogens is 204 g/mol.